The highest BCUT2D eigenvalue weighted by Crippen LogP contribution is 2.23. The molecule has 116 valence electrons. The van der Waals surface area contributed by atoms with Crippen molar-refractivity contribution in [3.05, 3.63) is 28.2 Å². The maximum Gasteiger partial charge on any atom is 0.319 e. The Morgan fingerprint density at radius 1 is 1.33 bits per heavy atom. The molecule has 0 spiro atoms. The molecular formula is C13H15BrF2N2O3. The second-order valence-electron chi connectivity index (χ2n) is 4.53. The molecular weight excluding hydrogens is 350 g/mol. The van der Waals surface area contributed by atoms with E-state index in [0.717, 1.165) is 12.1 Å². The van der Waals surface area contributed by atoms with E-state index in [4.69, 9.17) is 5.11 Å². The van der Waals surface area contributed by atoms with E-state index in [1.807, 2.05) is 0 Å². The fourth-order valence-electron chi connectivity index (χ4n) is 1.67. The van der Waals surface area contributed by atoms with Crippen LogP contribution in [-0.4, -0.2) is 23.1 Å². The van der Waals surface area contributed by atoms with E-state index >= 15 is 0 Å². The lowest BCUT2D eigenvalue weighted by Gasteiger charge is -2.15. The Kier molecular flexibility index (Phi) is 6.54. The summed E-state index contributed by atoms with van der Waals surface area (Å²) in [6.45, 7) is 1.68. The highest BCUT2D eigenvalue weighted by Gasteiger charge is 2.15. The van der Waals surface area contributed by atoms with Crippen LogP contribution in [0.3, 0.4) is 0 Å². The van der Waals surface area contributed by atoms with E-state index in [-0.39, 0.29) is 16.9 Å². The predicted octanol–water partition coefficient (Wildman–Crippen LogP) is 3.49. The quantitative estimate of drug-likeness (QED) is 0.722. The molecule has 1 rings (SSSR count). The molecule has 1 atom stereocenters. The van der Waals surface area contributed by atoms with Crippen LogP contribution in [0.5, 0.6) is 0 Å². The molecule has 0 heterocycles. The molecule has 21 heavy (non-hydrogen) atoms. The summed E-state index contributed by atoms with van der Waals surface area (Å²) in [6.07, 6.45) is 0.854. The third-order valence-corrected chi connectivity index (χ3v) is 3.11. The third kappa shape index (κ3) is 6.07. The number of amides is 2. The van der Waals surface area contributed by atoms with E-state index in [2.05, 4.69) is 26.6 Å². The summed E-state index contributed by atoms with van der Waals surface area (Å²) in [5.41, 5.74) is -0.534. The van der Waals surface area contributed by atoms with Gasteiger partial charge in [0.15, 0.2) is 11.6 Å². The van der Waals surface area contributed by atoms with Gasteiger partial charge in [-0.2, -0.15) is 0 Å². The topological polar surface area (TPSA) is 78.4 Å². The van der Waals surface area contributed by atoms with Gasteiger partial charge in [0.1, 0.15) is 5.69 Å². The number of anilines is 1. The first kappa shape index (κ1) is 17.4. The Labute approximate surface area is 128 Å². The van der Waals surface area contributed by atoms with Crippen molar-refractivity contribution in [1.82, 2.24) is 5.32 Å². The summed E-state index contributed by atoms with van der Waals surface area (Å²) >= 11 is 2.94. The summed E-state index contributed by atoms with van der Waals surface area (Å²) in [5, 5.41) is 13.1. The molecule has 1 aromatic rings. The van der Waals surface area contributed by atoms with Crippen LogP contribution in [0.25, 0.3) is 0 Å². The fourth-order valence-corrected chi connectivity index (χ4v) is 2.07. The van der Waals surface area contributed by atoms with Crippen molar-refractivity contribution in [3.63, 3.8) is 0 Å². The van der Waals surface area contributed by atoms with Crippen LogP contribution in [0.2, 0.25) is 0 Å². The van der Waals surface area contributed by atoms with E-state index < -0.39 is 29.3 Å². The van der Waals surface area contributed by atoms with Crippen LogP contribution in [0.4, 0.5) is 19.3 Å². The molecule has 0 fully saturated rings. The minimum Gasteiger partial charge on any atom is -0.481 e. The maximum absolute atomic E-state index is 13.5. The Morgan fingerprint density at radius 3 is 2.43 bits per heavy atom. The standard InChI is InChI=1S/C13H15BrF2N2O3/c1-7(3-2-4-11(19)20)17-13(21)18-12-9(15)5-8(14)6-10(12)16/h5-7H,2-4H2,1H3,(H,19,20)(H2,17,18,21). The van der Waals surface area contributed by atoms with Crippen molar-refractivity contribution in [2.45, 2.75) is 32.2 Å². The number of carboxylic acid groups (broad SMARTS) is 1. The van der Waals surface area contributed by atoms with Gasteiger partial charge in [0, 0.05) is 16.9 Å². The lowest BCUT2D eigenvalue weighted by atomic mass is 10.1. The summed E-state index contributed by atoms with van der Waals surface area (Å²) in [6, 6.07) is 1.01. The fraction of sp³-hybridized carbons (Fsp3) is 0.385. The molecule has 0 radical (unpaired) electrons. The van der Waals surface area contributed by atoms with Crippen LogP contribution in [-0.2, 0) is 4.79 Å². The summed E-state index contributed by atoms with van der Waals surface area (Å²) in [4.78, 5) is 22.0. The second kappa shape index (κ2) is 7.92. The number of rotatable bonds is 6. The average Bonchev–Trinajstić information content (AvgIpc) is 2.33. The monoisotopic (exact) mass is 364 g/mol. The van der Waals surface area contributed by atoms with Crippen molar-refractivity contribution in [3.8, 4) is 0 Å². The first-order valence-corrected chi connectivity index (χ1v) is 7.02. The normalized spacial score (nSPS) is 11.8. The number of carboxylic acids is 1. The molecule has 0 aliphatic rings. The number of carbonyl (C=O) groups is 2. The molecule has 0 saturated carbocycles. The summed E-state index contributed by atoms with van der Waals surface area (Å²) < 4.78 is 27.3. The molecule has 3 N–H and O–H groups in total. The largest absolute Gasteiger partial charge is 0.481 e. The van der Waals surface area contributed by atoms with Gasteiger partial charge in [0.25, 0.3) is 0 Å². The van der Waals surface area contributed by atoms with Gasteiger partial charge in [-0.15, -0.1) is 0 Å². The highest BCUT2D eigenvalue weighted by atomic mass is 79.9. The SMILES string of the molecule is CC(CCCC(=O)O)NC(=O)Nc1c(F)cc(Br)cc1F. The molecule has 0 aliphatic heterocycles. The van der Waals surface area contributed by atoms with Crippen molar-refractivity contribution >= 4 is 33.6 Å². The predicted molar refractivity (Wildman–Crippen MR) is 77.2 cm³/mol. The van der Waals surface area contributed by atoms with Crippen LogP contribution in [0, 0.1) is 11.6 Å². The van der Waals surface area contributed by atoms with Gasteiger partial charge in [0.05, 0.1) is 0 Å². The molecule has 0 aromatic heterocycles. The molecule has 1 aromatic carbocycles. The number of nitrogens with one attached hydrogen (secondary N) is 2. The maximum atomic E-state index is 13.5. The number of hydrogen-bond acceptors (Lipinski definition) is 2. The Bertz CT molecular complexity index is 517. The van der Waals surface area contributed by atoms with Crippen molar-refractivity contribution in [2.24, 2.45) is 0 Å². The van der Waals surface area contributed by atoms with Crippen LogP contribution in [0.1, 0.15) is 26.2 Å². The Balaban J connectivity index is 2.52. The van der Waals surface area contributed by atoms with E-state index in [1.165, 1.54) is 0 Å². The zero-order valence-electron chi connectivity index (χ0n) is 11.3. The number of urea groups is 1. The lowest BCUT2D eigenvalue weighted by molar-refractivity contribution is -0.137. The van der Waals surface area contributed by atoms with Gasteiger partial charge in [-0.1, -0.05) is 15.9 Å². The number of halogens is 3. The smallest absolute Gasteiger partial charge is 0.319 e. The molecule has 8 heteroatoms. The van der Waals surface area contributed by atoms with E-state index in [1.54, 1.807) is 6.92 Å². The van der Waals surface area contributed by atoms with E-state index in [9.17, 15) is 18.4 Å². The third-order valence-electron chi connectivity index (χ3n) is 2.65. The Hall–Kier alpha value is -1.70. The molecule has 2 amide bonds. The summed E-state index contributed by atoms with van der Waals surface area (Å²) in [7, 11) is 0. The van der Waals surface area contributed by atoms with Gasteiger partial charge in [-0.05, 0) is 31.9 Å². The lowest BCUT2D eigenvalue weighted by Crippen LogP contribution is -2.36. The average molecular weight is 365 g/mol. The van der Waals surface area contributed by atoms with Crippen molar-refractivity contribution in [2.75, 3.05) is 5.32 Å². The van der Waals surface area contributed by atoms with Crippen molar-refractivity contribution in [1.29, 1.82) is 0 Å². The van der Waals surface area contributed by atoms with Gasteiger partial charge in [0.2, 0.25) is 0 Å². The van der Waals surface area contributed by atoms with Crippen molar-refractivity contribution < 1.29 is 23.5 Å². The van der Waals surface area contributed by atoms with Gasteiger partial charge in [-0.25, -0.2) is 13.6 Å². The second-order valence-corrected chi connectivity index (χ2v) is 5.45. The van der Waals surface area contributed by atoms with E-state index in [0.29, 0.717) is 12.8 Å². The molecule has 0 aliphatic carbocycles. The van der Waals surface area contributed by atoms with Gasteiger partial charge in [-0.3, -0.25) is 4.79 Å². The van der Waals surface area contributed by atoms with Gasteiger partial charge >= 0.3 is 12.0 Å². The number of benzene rings is 1. The van der Waals surface area contributed by atoms with Gasteiger partial charge < -0.3 is 15.7 Å². The molecule has 5 nitrogen and oxygen atoms in total. The molecule has 1 unspecified atom stereocenters. The Morgan fingerprint density at radius 2 is 1.90 bits per heavy atom. The molecule has 0 bridgehead atoms. The van der Waals surface area contributed by atoms with Crippen LogP contribution < -0.4 is 10.6 Å². The first-order valence-electron chi connectivity index (χ1n) is 6.23. The summed E-state index contributed by atoms with van der Waals surface area (Å²) in [5.74, 6) is -2.70. The van der Waals surface area contributed by atoms with Crippen LogP contribution in [0.15, 0.2) is 16.6 Å². The molecule has 0 saturated heterocycles. The minimum absolute atomic E-state index is 0.00358. The highest BCUT2D eigenvalue weighted by molar-refractivity contribution is 9.10. The first-order chi connectivity index (χ1) is 9.79. The number of aliphatic carboxylic acids is 1. The zero-order chi connectivity index (χ0) is 16.0. The number of carbonyl (C=O) groups excluding carboxylic acids is 1. The number of hydrogen-bond donors (Lipinski definition) is 3. The zero-order valence-corrected chi connectivity index (χ0v) is 12.8. The minimum atomic E-state index is -0.911. The van der Waals surface area contributed by atoms with Crippen LogP contribution >= 0.6 is 15.9 Å².